The number of nitriles is 1. The van der Waals surface area contributed by atoms with Gasteiger partial charge >= 0.3 is 5.97 Å². The molecule has 1 aliphatic rings. The van der Waals surface area contributed by atoms with Crippen LogP contribution in [0.25, 0.3) is 0 Å². The number of sulfonamides is 1. The first-order valence-corrected chi connectivity index (χ1v) is 6.57. The second-order valence-corrected chi connectivity index (χ2v) is 5.91. The van der Waals surface area contributed by atoms with Crippen LogP contribution >= 0.6 is 0 Å². The Morgan fingerprint density at radius 3 is 2.62 bits per heavy atom. The quantitative estimate of drug-likeness (QED) is 0.754. The van der Waals surface area contributed by atoms with Crippen molar-refractivity contribution in [2.75, 3.05) is 18.8 Å². The summed E-state index contributed by atoms with van der Waals surface area (Å²) in [5.41, 5.74) is -0.984. The highest BCUT2D eigenvalue weighted by Gasteiger charge is 2.46. The van der Waals surface area contributed by atoms with Crippen LogP contribution in [-0.4, -0.2) is 42.6 Å². The van der Waals surface area contributed by atoms with Crippen LogP contribution in [0.4, 0.5) is 0 Å². The van der Waals surface area contributed by atoms with Crippen molar-refractivity contribution in [3.8, 4) is 6.07 Å². The highest BCUT2D eigenvalue weighted by Crippen LogP contribution is 2.35. The maximum absolute atomic E-state index is 11.6. The molecule has 1 fully saturated rings. The van der Waals surface area contributed by atoms with E-state index in [1.54, 1.807) is 13.0 Å². The molecule has 0 spiro atoms. The first-order chi connectivity index (χ1) is 7.38. The Bertz CT molecular complexity index is 425. The summed E-state index contributed by atoms with van der Waals surface area (Å²) < 4.78 is 24.2. The van der Waals surface area contributed by atoms with Crippen molar-refractivity contribution in [1.82, 2.24) is 4.31 Å². The average Bonchev–Trinajstić information content (AvgIpc) is 2.63. The first kappa shape index (κ1) is 12.9. The van der Waals surface area contributed by atoms with Gasteiger partial charge in [0, 0.05) is 13.1 Å². The number of carboxylic acids is 1. The molecule has 0 amide bonds. The molecule has 16 heavy (non-hydrogen) atoms. The third-order valence-corrected chi connectivity index (χ3v) is 4.68. The number of hydrogen-bond acceptors (Lipinski definition) is 4. The molecule has 0 saturated carbocycles. The summed E-state index contributed by atoms with van der Waals surface area (Å²) in [7, 11) is -3.62. The lowest BCUT2D eigenvalue weighted by molar-refractivity contribution is -0.148. The van der Waals surface area contributed by atoms with Gasteiger partial charge in [0.2, 0.25) is 10.0 Å². The Balaban J connectivity index is 2.88. The highest BCUT2D eigenvalue weighted by atomic mass is 32.2. The zero-order valence-corrected chi connectivity index (χ0v) is 9.83. The molecule has 1 unspecified atom stereocenters. The third-order valence-electron chi connectivity index (χ3n) is 3.09. The molecule has 0 radical (unpaired) electrons. The lowest BCUT2D eigenvalue weighted by Gasteiger charge is -2.22. The smallest absolute Gasteiger partial charge is 0.311 e. The van der Waals surface area contributed by atoms with Crippen LogP contribution < -0.4 is 0 Å². The monoisotopic (exact) mass is 246 g/mol. The topological polar surface area (TPSA) is 98.5 Å². The standard InChI is InChI=1S/C9H14N2O4S/c1-2-9(8(12)13)3-5-11(7-9)16(14,15)6-4-10/h2-3,5-7H2,1H3,(H,12,13). The van der Waals surface area contributed by atoms with E-state index in [9.17, 15) is 13.2 Å². The summed E-state index contributed by atoms with van der Waals surface area (Å²) in [4.78, 5) is 11.1. The number of hydrogen-bond donors (Lipinski definition) is 1. The van der Waals surface area contributed by atoms with E-state index in [1.807, 2.05) is 0 Å². The Kier molecular flexibility index (Phi) is 3.55. The van der Waals surface area contributed by atoms with Crippen molar-refractivity contribution in [1.29, 1.82) is 5.26 Å². The fourth-order valence-corrected chi connectivity index (χ4v) is 3.02. The van der Waals surface area contributed by atoms with Crippen molar-refractivity contribution in [3.63, 3.8) is 0 Å². The van der Waals surface area contributed by atoms with Crippen molar-refractivity contribution in [2.45, 2.75) is 19.8 Å². The van der Waals surface area contributed by atoms with Gasteiger partial charge in [-0.1, -0.05) is 6.92 Å². The predicted octanol–water partition coefficient (Wildman–Crippen LogP) is 0.0265. The van der Waals surface area contributed by atoms with Crippen LogP contribution in [0.1, 0.15) is 19.8 Å². The molecule has 7 heteroatoms. The molecule has 0 aromatic rings. The molecule has 0 aromatic heterocycles. The van der Waals surface area contributed by atoms with Crippen LogP contribution in [0.5, 0.6) is 0 Å². The second-order valence-electron chi connectivity index (χ2n) is 3.94. The predicted molar refractivity (Wildman–Crippen MR) is 55.9 cm³/mol. The van der Waals surface area contributed by atoms with E-state index < -0.39 is 27.2 Å². The normalized spacial score (nSPS) is 26.5. The lowest BCUT2D eigenvalue weighted by Crippen LogP contribution is -2.37. The van der Waals surface area contributed by atoms with Gasteiger partial charge in [0.05, 0.1) is 11.5 Å². The molecule has 1 heterocycles. The lowest BCUT2D eigenvalue weighted by atomic mass is 9.85. The second kappa shape index (κ2) is 4.39. The van der Waals surface area contributed by atoms with Gasteiger partial charge in [0.15, 0.2) is 5.75 Å². The number of carboxylic acid groups (broad SMARTS) is 1. The van der Waals surface area contributed by atoms with Crippen molar-refractivity contribution < 1.29 is 18.3 Å². The molecule has 1 rings (SSSR count). The zero-order valence-electron chi connectivity index (χ0n) is 9.01. The fraction of sp³-hybridized carbons (Fsp3) is 0.778. The Morgan fingerprint density at radius 2 is 2.25 bits per heavy atom. The van der Waals surface area contributed by atoms with Crippen LogP contribution in [0.2, 0.25) is 0 Å². The molecule has 1 N–H and O–H groups in total. The molecule has 1 saturated heterocycles. The van der Waals surface area contributed by atoms with Gasteiger partial charge in [0.25, 0.3) is 0 Å². The Morgan fingerprint density at radius 1 is 1.62 bits per heavy atom. The van der Waals surface area contributed by atoms with Gasteiger partial charge in [-0.2, -0.15) is 9.57 Å². The van der Waals surface area contributed by atoms with Gasteiger partial charge < -0.3 is 5.11 Å². The summed E-state index contributed by atoms with van der Waals surface area (Å²) in [6.07, 6.45) is 0.699. The third kappa shape index (κ3) is 2.18. The van der Waals surface area contributed by atoms with Gasteiger partial charge in [-0.3, -0.25) is 4.79 Å². The summed E-state index contributed by atoms with van der Waals surface area (Å²) in [6, 6.07) is 1.58. The molecular weight excluding hydrogens is 232 g/mol. The Hall–Kier alpha value is -1.13. The largest absolute Gasteiger partial charge is 0.481 e. The van der Waals surface area contributed by atoms with Crippen molar-refractivity contribution in [3.05, 3.63) is 0 Å². The summed E-state index contributed by atoms with van der Waals surface area (Å²) in [5, 5.41) is 17.5. The van der Waals surface area contributed by atoms with E-state index in [2.05, 4.69) is 0 Å². The number of aliphatic carboxylic acids is 1. The molecule has 90 valence electrons. The Labute approximate surface area is 94.5 Å². The van der Waals surface area contributed by atoms with E-state index in [1.165, 1.54) is 0 Å². The minimum Gasteiger partial charge on any atom is -0.481 e. The highest BCUT2D eigenvalue weighted by molar-refractivity contribution is 7.89. The molecule has 6 nitrogen and oxygen atoms in total. The molecule has 0 aliphatic carbocycles. The summed E-state index contributed by atoms with van der Waals surface area (Å²) in [6.45, 7) is 1.89. The van der Waals surface area contributed by atoms with Gasteiger partial charge in [-0.05, 0) is 12.8 Å². The number of carbonyl (C=O) groups is 1. The van der Waals surface area contributed by atoms with Crippen molar-refractivity contribution >= 4 is 16.0 Å². The molecule has 1 atom stereocenters. The maximum Gasteiger partial charge on any atom is 0.311 e. The summed E-state index contributed by atoms with van der Waals surface area (Å²) in [5.74, 6) is -1.56. The maximum atomic E-state index is 11.6. The average molecular weight is 246 g/mol. The minimum absolute atomic E-state index is 0.0250. The van der Waals surface area contributed by atoms with Crippen LogP contribution in [0, 0.1) is 16.7 Å². The van der Waals surface area contributed by atoms with Crippen LogP contribution in [-0.2, 0) is 14.8 Å². The van der Waals surface area contributed by atoms with Gasteiger partial charge in [0.1, 0.15) is 0 Å². The molecule has 1 aliphatic heterocycles. The van der Waals surface area contributed by atoms with E-state index >= 15 is 0 Å². The van der Waals surface area contributed by atoms with Crippen LogP contribution in [0.3, 0.4) is 0 Å². The van der Waals surface area contributed by atoms with E-state index in [0.717, 1.165) is 4.31 Å². The van der Waals surface area contributed by atoms with Crippen LogP contribution in [0.15, 0.2) is 0 Å². The zero-order chi connectivity index (χ0) is 12.4. The molecule has 0 bridgehead atoms. The minimum atomic E-state index is -3.62. The first-order valence-electron chi connectivity index (χ1n) is 4.96. The van der Waals surface area contributed by atoms with E-state index in [-0.39, 0.29) is 13.1 Å². The van der Waals surface area contributed by atoms with Gasteiger partial charge in [-0.15, -0.1) is 0 Å². The molecular formula is C9H14N2O4S. The summed E-state index contributed by atoms with van der Waals surface area (Å²) >= 11 is 0. The van der Waals surface area contributed by atoms with Crippen molar-refractivity contribution in [2.24, 2.45) is 5.41 Å². The molecule has 0 aromatic carbocycles. The van der Waals surface area contributed by atoms with Gasteiger partial charge in [-0.25, -0.2) is 8.42 Å². The van der Waals surface area contributed by atoms with E-state index in [4.69, 9.17) is 10.4 Å². The SMILES string of the molecule is CCC1(C(=O)O)CCN(S(=O)(=O)CC#N)C1. The number of nitrogens with zero attached hydrogens (tertiary/aromatic N) is 2. The van der Waals surface area contributed by atoms with E-state index in [0.29, 0.717) is 12.8 Å². The fourth-order valence-electron chi connectivity index (χ4n) is 1.86. The number of rotatable bonds is 4.